The van der Waals surface area contributed by atoms with Crippen molar-refractivity contribution in [1.29, 1.82) is 0 Å². The van der Waals surface area contributed by atoms with Gasteiger partial charge in [0.1, 0.15) is 28.3 Å². The van der Waals surface area contributed by atoms with Crippen LogP contribution in [0.4, 0.5) is 0 Å². The minimum atomic E-state index is -1.41. The Hall–Kier alpha value is -2.58. The monoisotopic (exact) mass is 397 g/mol. The van der Waals surface area contributed by atoms with Gasteiger partial charge in [-0.1, -0.05) is 4.40 Å². The van der Waals surface area contributed by atoms with Gasteiger partial charge in [-0.05, 0) is 52.3 Å². The number of fused-ring (bicyclic) bond motifs is 1. The summed E-state index contributed by atoms with van der Waals surface area (Å²) in [7, 11) is 1.68. The molecule has 0 bridgehead atoms. The SMILES string of the molecule is CC(=N[S@+]([O-])C(C)(C)C)c1cc(C)cc2c(=O)n(C)c(-c3cncnc3)nc12. The lowest BCUT2D eigenvalue weighted by Crippen LogP contribution is -2.27. The molecule has 0 radical (unpaired) electrons. The Kier molecular flexibility index (Phi) is 5.36. The van der Waals surface area contributed by atoms with Crippen molar-refractivity contribution < 1.29 is 4.55 Å². The van der Waals surface area contributed by atoms with Gasteiger partial charge in [-0.15, -0.1) is 0 Å². The number of aryl methyl sites for hydroxylation is 1. The first-order chi connectivity index (χ1) is 13.1. The van der Waals surface area contributed by atoms with Crippen molar-refractivity contribution in [3.63, 3.8) is 0 Å². The average Bonchev–Trinajstić information content (AvgIpc) is 2.64. The van der Waals surface area contributed by atoms with Crippen LogP contribution in [0.2, 0.25) is 0 Å². The van der Waals surface area contributed by atoms with E-state index in [-0.39, 0.29) is 5.56 Å². The van der Waals surface area contributed by atoms with Crippen LogP contribution < -0.4 is 5.56 Å². The fourth-order valence-electron chi connectivity index (χ4n) is 2.78. The predicted molar refractivity (Wildman–Crippen MR) is 113 cm³/mol. The molecule has 0 N–H and O–H groups in total. The normalized spacial score (nSPS) is 13.8. The molecule has 1 atom stereocenters. The Labute approximate surface area is 166 Å². The van der Waals surface area contributed by atoms with Crippen molar-refractivity contribution >= 4 is 28.0 Å². The van der Waals surface area contributed by atoms with Crippen LogP contribution in [0, 0.1) is 6.92 Å². The molecule has 0 aliphatic heterocycles. The van der Waals surface area contributed by atoms with E-state index in [9.17, 15) is 9.35 Å². The van der Waals surface area contributed by atoms with Gasteiger partial charge in [-0.2, -0.15) is 0 Å². The van der Waals surface area contributed by atoms with Crippen LogP contribution >= 0.6 is 0 Å². The fourth-order valence-corrected chi connectivity index (χ4v) is 3.40. The zero-order valence-corrected chi connectivity index (χ0v) is 17.7. The molecule has 0 fully saturated rings. The quantitative estimate of drug-likeness (QED) is 0.500. The van der Waals surface area contributed by atoms with Crippen LogP contribution in [0.5, 0.6) is 0 Å². The number of nitrogens with zero attached hydrogens (tertiary/aromatic N) is 5. The number of hydrogen-bond acceptors (Lipinski definition) is 6. The first-order valence-corrected chi connectivity index (χ1v) is 9.94. The molecule has 146 valence electrons. The maximum atomic E-state index is 13.0. The summed E-state index contributed by atoms with van der Waals surface area (Å²) in [5.74, 6) is 0.466. The van der Waals surface area contributed by atoms with Gasteiger partial charge in [0, 0.05) is 25.0 Å². The molecule has 2 heterocycles. The summed E-state index contributed by atoms with van der Waals surface area (Å²) < 4.78 is 17.9. The Morgan fingerprint density at radius 1 is 1.21 bits per heavy atom. The third-order valence-electron chi connectivity index (χ3n) is 4.28. The second-order valence-corrected chi connectivity index (χ2v) is 9.58. The minimum Gasteiger partial charge on any atom is -0.591 e. The lowest BCUT2D eigenvalue weighted by Gasteiger charge is -2.19. The largest absolute Gasteiger partial charge is 0.591 e. The summed E-state index contributed by atoms with van der Waals surface area (Å²) in [6.07, 6.45) is 4.66. The van der Waals surface area contributed by atoms with Gasteiger partial charge in [-0.3, -0.25) is 9.36 Å². The Balaban J connectivity index is 2.31. The van der Waals surface area contributed by atoms with E-state index in [1.165, 1.54) is 10.9 Å². The van der Waals surface area contributed by atoms with E-state index in [0.717, 1.165) is 5.56 Å². The molecule has 2 aromatic heterocycles. The summed E-state index contributed by atoms with van der Waals surface area (Å²) in [5, 5.41) is 0.495. The zero-order valence-electron chi connectivity index (χ0n) is 16.8. The number of rotatable bonds is 3. The smallest absolute Gasteiger partial charge is 0.261 e. The van der Waals surface area contributed by atoms with Crippen molar-refractivity contribution in [2.75, 3.05) is 0 Å². The van der Waals surface area contributed by atoms with Crippen molar-refractivity contribution in [1.82, 2.24) is 19.5 Å². The van der Waals surface area contributed by atoms with E-state index in [0.29, 0.717) is 33.6 Å². The van der Waals surface area contributed by atoms with Crippen LogP contribution in [-0.2, 0) is 18.4 Å². The zero-order chi connectivity index (χ0) is 20.6. The molecule has 0 saturated carbocycles. The van der Waals surface area contributed by atoms with Crippen molar-refractivity contribution in [3.05, 3.63) is 52.3 Å². The Morgan fingerprint density at radius 2 is 1.86 bits per heavy atom. The highest BCUT2D eigenvalue weighted by Crippen LogP contribution is 2.24. The summed E-state index contributed by atoms with van der Waals surface area (Å²) >= 11 is -1.41. The first-order valence-electron chi connectivity index (χ1n) is 8.84. The number of aromatic nitrogens is 4. The number of hydrogen-bond donors (Lipinski definition) is 0. The molecular formula is C20H23N5O2S. The van der Waals surface area contributed by atoms with E-state index in [2.05, 4.69) is 14.4 Å². The predicted octanol–water partition coefficient (Wildman–Crippen LogP) is 2.97. The van der Waals surface area contributed by atoms with E-state index in [1.807, 2.05) is 39.8 Å². The average molecular weight is 398 g/mol. The molecule has 3 aromatic rings. The summed E-state index contributed by atoms with van der Waals surface area (Å²) in [4.78, 5) is 25.8. The summed E-state index contributed by atoms with van der Waals surface area (Å²) in [6, 6.07) is 3.73. The third kappa shape index (κ3) is 3.83. The second kappa shape index (κ2) is 7.44. The van der Waals surface area contributed by atoms with Crippen LogP contribution in [0.3, 0.4) is 0 Å². The highest BCUT2D eigenvalue weighted by atomic mass is 32.2. The summed E-state index contributed by atoms with van der Waals surface area (Å²) in [6.45, 7) is 9.32. The van der Waals surface area contributed by atoms with Gasteiger partial charge < -0.3 is 4.55 Å². The number of benzene rings is 1. The maximum Gasteiger partial charge on any atom is 0.261 e. The van der Waals surface area contributed by atoms with Crippen LogP contribution in [0.15, 0.2) is 40.0 Å². The molecule has 0 spiro atoms. The highest BCUT2D eigenvalue weighted by Gasteiger charge is 2.27. The van der Waals surface area contributed by atoms with E-state index >= 15 is 0 Å². The van der Waals surface area contributed by atoms with E-state index in [1.54, 1.807) is 26.4 Å². The standard InChI is InChI=1S/C20H23N5O2S/c1-12-7-15(13(2)24-28(27)20(3,4)5)17-16(8-12)19(26)25(6)18(23-17)14-9-21-11-22-10-14/h7-11H,1-6H3/t28-/m1/s1. The highest BCUT2D eigenvalue weighted by molar-refractivity contribution is 7.91. The second-order valence-electron chi connectivity index (χ2n) is 7.67. The fraction of sp³-hybridized carbons (Fsp3) is 0.350. The molecule has 28 heavy (non-hydrogen) atoms. The van der Waals surface area contributed by atoms with Crippen LogP contribution in [-0.4, -0.2) is 34.5 Å². The molecule has 7 nitrogen and oxygen atoms in total. The van der Waals surface area contributed by atoms with Gasteiger partial charge in [0.25, 0.3) is 5.56 Å². The van der Waals surface area contributed by atoms with Crippen molar-refractivity contribution in [2.24, 2.45) is 11.4 Å². The Bertz CT molecular complexity index is 1120. The van der Waals surface area contributed by atoms with Gasteiger partial charge in [0.05, 0.1) is 22.2 Å². The maximum absolute atomic E-state index is 13.0. The van der Waals surface area contributed by atoms with Gasteiger partial charge >= 0.3 is 0 Å². The van der Waals surface area contributed by atoms with E-state index in [4.69, 9.17) is 4.98 Å². The first kappa shape index (κ1) is 20.2. The molecule has 8 heteroatoms. The van der Waals surface area contributed by atoms with E-state index < -0.39 is 16.1 Å². The molecule has 0 aliphatic carbocycles. The molecule has 1 aromatic carbocycles. The van der Waals surface area contributed by atoms with Crippen molar-refractivity contribution in [3.8, 4) is 11.4 Å². The topological polar surface area (TPSA) is 96.1 Å². The van der Waals surface area contributed by atoms with Gasteiger partial charge in [-0.25, -0.2) is 15.0 Å². The molecule has 0 saturated heterocycles. The van der Waals surface area contributed by atoms with Crippen LogP contribution in [0.25, 0.3) is 22.3 Å². The third-order valence-corrected chi connectivity index (χ3v) is 5.76. The molecule has 0 unspecified atom stereocenters. The molecule has 3 rings (SSSR count). The molecule has 0 amide bonds. The lowest BCUT2D eigenvalue weighted by atomic mass is 10.0. The Morgan fingerprint density at radius 3 is 2.46 bits per heavy atom. The van der Waals surface area contributed by atoms with Crippen LogP contribution in [0.1, 0.15) is 38.8 Å². The van der Waals surface area contributed by atoms with Crippen molar-refractivity contribution in [2.45, 2.75) is 39.4 Å². The summed E-state index contributed by atoms with van der Waals surface area (Å²) in [5.41, 5.74) is 3.19. The van der Waals surface area contributed by atoms with Gasteiger partial charge in [0.15, 0.2) is 0 Å². The molecule has 0 aliphatic rings. The molecular weight excluding hydrogens is 374 g/mol. The minimum absolute atomic E-state index is 0.168. The lowest BCUT2D eigenvalue weighted by molar-refractivity contribution is 0.561. The van der Waals surface area contributed by atoms with Gasteiger partial charge in [0.2, 0.25) is 0 Å².